The Morgan fingerprint density at radius 2 is 2.12 bits per heavy atom. The van der Waals surface area contributed by atoms with E-state index in [1.54, 1.807) is 18.2 Å². The Balaban J connectivity index is 2.33. The Labute approximate surface area is 97.3 Å². The highest BCUT2D eigenvalue weighted by molar-refractivity contribution is 5.21. The van der Waals surface area contributed by atoms with Crippen molar-refractivity contribution in [2.45, 2.75) is 13.0 Å². The third-order valence-corrected chi connectivity index (χ3v) is 2.37. The average molecular weight is 233 g/mol. The summed E-state index contributed by atoms with van der Waals surface area (Å²) < 4.78 is 13.4. The first-order valence-electron chi connectivity index (χ1n) is 5.21. The molecule has 0 atom stereocenters. The number of hydrogen-bond acceptors (Lipinski definition) is 3. The maximum absolute atomic E-state index is 13.4. The molecular formula is C12H12FN3O. The van der Waals surface area contributed by atoms with Crippen molar-refractivity contribution in [3.05, 3.63) is 63.6 Å². The van der Waals surface area contributed by atoms with Crippen molar-refractivity contribution in [3.8, 4) is 0 Å². The van der Waals surface area contributed by atoms with Crippen LogP contribution in [-0.2, 0) is 13.0 Å². The Kier molecular flexibility index (Phi) is 3.30. The van der Waals surface area contributed by atoms with Crippen molar-refractivity contribution in [3.63, 3.8) is 0 Å². The fraction of sp³-hybridized carbons (Fsp3) is 0.167. The molecule has 4 nitrogen and oxygen atoms in total. The highest BCUT2D eigenvalue weighted by Gasteiger charge is 2.05. The van der Waals surface area contributed by atoms with E-state index in [1.165, 1.54) is 12.1 Å². The van der Waals surface area contributed by atoms with E-state index in [1.807, 2.05) is 0 Å². The van der Waals surface area contributed by atoms with Crippen molar-refractivity contribution in [1.82, 2.24) is 9.97 Å². The van der Waals surface area contributed by atoms with E-state index in [0.717, 1.165) is 0 Å². The van der Waals surface area contributed by atoms with E-state index in [9.17, 15) is 9.18 Å². The summed E-state index contributed by atoms with van der Waals surface area (Å²) in [4.78, 5) is 18.0. The van der Waals surface area contributed by atoms with E-state index in [0.29, 0.717) is 17.1 Å². The Morgan fingerprint density at radius 1 is 1.35 bits per heavy atom. The Bertz CT molecular complexity index is 580. The summed E-state index contributed by atoms with van der Waals surface area (Å²) in [6.45, 7) is 0.189. The topological polar surface area (TPSA) is 71.8 Å². The summed E-state index contributed by atoms with van der Waals surface area (Å²) in [6, 6.07) is 7.73. The average Bonchev–Trinajstić information content (AvgIpc) is 2.31. The molecule has 0 saturated heterocycles. The standard InChI is InChI=1S/C12H12FN3O/c13-10-4-2-1-3-8(10)5-11-15-9(7-14)6-12(17)16-11/h1-4,6H,5,7,14H2,(H,15,16,17). The van der Waals surface area contributed by atoms with Crippen LogP contribution >= 0.6 is 0 Å². The second-order valence-electron chi connectivity index (χ2n) is 3.66. The fourth-order valence-corrected chi connectivity index (χ4v) is 1.57. The van der Waals surface area contributed by atoms with E-state index < -0.39 is 0 Å². The molecule has 0 unspecified atom stereocenters. The lowest BCUT2D eigenvalue weighted by Gasteiger charge is -2.04. The monoisotopic (exact) mass is 233 g/mol. The van der Waals surface area contributed by atoms with Crippen molar-refractivity contribution < 1.29 is 4.39 Å². The third-order valence-electron chi connectivity index (χ3n) is 2.37. The number of H-pyrrole nitrogens is 1. The van der Waals surface area contributed by atoms with Gasteiger partial charge in [0.2, 0.25) is 0 Å². The van der Waals surface area contributed by atoms with E-state index in [4.69, 9.17) is 5.73 Å². The Morgan fingerprint density at radius 3 is 2.82 bits per heavy atom. The smallest absolute Gasteiger partial charge is 0.251 e. The van der Waals surface area contributed by atoms with Gasteiger partial charge >= 0.3 is 0 Å². The summed E-state index contributed by atoms with van der Waals surface area (Å²) in [7, 11) is 0. The maximum Gasteiger partial charge on any atom is 0.251 e. The molecule has 17 heavy (non-hydrogen) atoms. The van der Waals surface area contributed by atoms with E-state index in [-0.39, 0.29) is 24.3 Å². The molecule has 0 spiro atoms. The van der Waals surface area contributed by atoms with Gasteiger partial charge in [0.15, 0.2) is 0 Å². The summed E-state index contributed by atoms with van der Waals surface area (Å²) in [5.74, 6) is 0.108. The molecule has 0 amide bonds. The van der Waals surface area contributed by atoms with Gasteiger partial charge in [-0.3, -0.25) is 4.79 Å². The predicted octanol–water partition coefficient (Wildman–Crippen LogP) is 0.958. The lowest BCUT2D eigenvalue weighted by molar-refractivity contribution is 0.611. The van der Waals surface area contributed by atoms with Crippen molar-refractivity contribution in [2.75, 3.05) is 0 Å². The first-order chi connectivity index (χ1) is 8.19. The number of halogens is 1. The molecule has 88 valence electrons. The first-order valence-corrected chi connectivity index (χ1v) is 5.21. The van der Waals surface area contributed by atoms with Crippen LogP contribution in [0.3, 0.4) is 0 Å². The summed E-state index contributed by atoms with van der Waals surface area (Å²) in [5.41, 5.74) is 6.14. The second kappa shape index (κ2) is 4.88. The number of aromatic nitrogens is 2. The molecule has 3 N–H and O–H groups in total. The van der Waals surface area contributed by atoms with Crippen molar-refractivity contribution >= 4 is 0 Å². The van der Waals surface area contributed by atoms with Crippen LogP contribution in [0.5, 0.6) is 0 Å². The van der Waals surface area contributed by atoms with Crippen LogP contribution in [0.15, 0.2) is 35.1 Å². The normalized spacial score (nSPS) is 10.5. The lowest BCUT2D eigenvalue weighted by atomic mass is 10.1. The zero-order chi connectivity index (χ0) is 12.3. The van der Waals surface area contributed by atoms with Gasteiger partial charge in [-0.05, 0) is 11.6 Å². The second-order valence-corrected chi connectivity index (χ2v) is 3.66. The molecule has 0 aliphatic rings. The molecule has 0 fully saturated rings. The zero-order valence-electron chi connectivity index (χ0n) is 9.11. The molecule has 1 heterocycles. The zero-order valence-corrected chi connectivity index (χ0v) is 9.11. The van der Waals surface area contributed by atoms with Crippen molar-refractivity contribution in [2.24, 2.45) is 5.73 Å². The van der Waals surface area contributed by atoms with Crippen LogP contribution < -0.4 is 11.3 Å². The molecule has 2 aromatic rings. The minimum atomic E-state index is -0.312. The number of hydrogen-bond donors (Lipinski definition) is 2. The van der Waals surface area contributed by atoms with Gasteiger partial charge in [-0.25, -0.2) is 9.37 Å². The molecule has 1 aromatic carbocycles. The molecule has 2 rings (SSSR count). The maximum atomic E-state index is 13.4. The number of nitrogens with zero attached hydrogens (tertiary/aromatic N) is 1. The molecule has 0 saturated carbocycles. The highest BCUT2D eigenvalue weighted by atomic mass is 19.1. The van der Waals surface area contributed by atoms with E-state index in [2.05, 4.69) is 9.97 Å². The number of nitrogens with one attached hydrogen (secondary N) is 1. The molecule has 0 bridgehead atoms. The van der Waals surface area contributed by atoms with Crippen molar-refractivity contribution in [1.29, 1.82) is 0 Å². The lowest BCUT2D eigenvalue weighted by Crippen LogP contribution is -2.15. The third kappa shape index (κ3) is 2.76. The number of aromatic amines is 1. The highest BCUT2D eigenvalue weighted by Crippen LogP contribution is 2.09. The van der Waals surface area contributed by atoms with Crippen LogP contribution in [0.25, 0.3) is 0 Å². The molecule has 1 aromatic heterocycles. The Hall–Kier alpha value is -2.01. The molecule has 0 radical (unpaired) electrons. The molecule has 0 aliphatic carbocycles. The van der Waals surface area contributed by atoms with Crippen LogP contribution in [0.1, 0.15) is 17.1 Å². The molecular weight excluding hydrogens is 221 g/mol. The minimum absolute atomic E-state index is 0.189. The first kappa shape index (κ1) is 11.5. The van der Waals surface area contributed by atoms with Gasteiger partial charge in [-0.1, -0.05) is 18.2 Å². The quantitative estimate of drug-likeness (QED) is 0.829. The molecule has 5 heteroatoms. The minimum Gasteiger partial charge on any atom is -0.325 e. The van der Waals surface area contributed by atoms with Gasteiger partial charge in [-0.15, -0.1) is 0 Å². The summed E-state index contributed by atoms with van der Waals surface area (Å²) in [6.07, 6.45) is 0.246. The summed E-state index contributed by atoms with van der Waals surface area (Å²) in [5, 5.41) is 0. The number of rotatable bonds is 3. The van der Waals surface area contributed by atoms with Crippen LogP contribution in [0.2, 0.25) is 0 Å². The predicted molar refractivity (Wildman–Crippen MR) is 62.0 cm³/mol. The largest absolute Gasteiger partial charge is 0.325 e. The van der Waals surface area contributed by atoms with Crippen LogP contribution in [0, 0.1) is 5.82 Å². The van der Waals surface area contributed by atoms with Gasteiger partial charge in [0.1, 0.15) is 11.6 Å². The van der Waals surface area contributed by atoms with Gasteiger partial charge < -0.3 is 10.7 Å². The molecule has 0 aliphatic heterocycles. The van der Waals surface area contributed by atoms with Gasteiger partial charge in [0.05, 0.1) is 5.69 Å². The van der Waals surface area contributed by atoms with Crippen LogP contribution in [0.4, 0.5) is 4.39 Å². The van der Waals surface area contributed by atoms with Crippen LogP contribution in [-0.4, -0.2) is 9.97 Å². The number of nitrogens with two attached hydrogens (primary N) is 1. The van der Waals surface area contributed by atoms with Gasteiger partial charge in [0.25, 0.3) is 5.56 Å². The SMILES string of the molecule is NCc1cc(=O)[nH]c(Cc2ccccc2F)n1. The fourth-order valence-electron chi connectivity index (χ4n) is 1.57. The summed E-state index contributed by atoms with van der Waals surface area (Å²) >= 11 is 0. The number of benzene rings is 1. The van der Waals surface area contributed by atoms with Gasteiger partial charge in [-0.2, -0.15) is 0 Å². The van der Waals surface area contributed by atoms with E-state index >= 15 is 0 Å². The van der Waals surface area contributed by atoms with Gasteiger partial charge in [0, 0.05) is 19.0 Å².